The molecule has 0 spiro atoms. The molecule has 1 atom stereocenters. The van der Waals surface area contributed by atoms with Crippen LogP contribution < -0.4 is 5.73 Å². The fourth-order valence-electron chi connectivity index (χ4n) is 3.64. The molecule has 1 aromatic carbocycles. The maximum Gasteiger partial charge on any atom is 0.0599 e. The van der Waals surface area contributed by atoms with Crippen LogP contribution >= 0.6 is 0 Å². The predicted octanol–water partition coefficient (Wildman–Crippen LogP) is 3.11. The van der Waals surface area contributed by atoms with Crippen molar-refractivity contribution in [3.05, 3.63) is 34.4 Å². The lowest BCUT2D eigenvalue weighted by molar-refractivity contribution is 0.0131. The van der Waals surface area contributed by atoms with Crippen molar-refractivity contribution < 1.29 is 4.74 Å². The van der Waals surface area contributed by atoms with Crippen LogP contribution in [-0.2, 0) is 4.74 Å². The van der Waals surface area contributed by atoms with Crippen molar-refractivity contribution in [1.82, 2.24) is 4.90 Å². The van der Waals surface area contributed by atoms with Crippen LogP contribution in [0.4, 0.5) is 0 Å². The SMILES string of the molecule is CCOC1CCN(CC(N)c2c(C)cc(C)cc2C)CC1. The van der Waals surface area contributed by atoms with E-state index in [4.69, 9.17) is 10.5 Å². The van der Waals surface area contributed by atoms with Crippen LogP contribution in [0.1, 0.15) is 48.1 Å². The third kappa shape index (κ3) is 4.29. The maximum atomic E-state index is 6.50. The van der Waals surface area contributed by atoms with E-state index in [2.05, 4.69) is 44.7 Å². The van der Waals surface area contributed by atoms with E-state index in [1.165, 1.54) is 22.3 Å². The molecular weight excluding hydrogens is 260 g/mol. The first-order valence-corrected chi connectivity index (χ1v) is 8.18. The summed E-state index contributed by atoms with van der Waals surface area (Å²) in [5, 5.41) is 0. The number of ether oxygens (including phenoxy) is 1. The normalized spacial score (nSPS) is 18.9. The van der Waals surface area contributed by atoms with Gasteiger partial charge in [-0.2, -0.15) is 0 Å². The summed E-state index contributed by atoms with van der Waals surface area (Å²) in [6, 6.07) is 4.58. The summed E-state index contributed by atoms with van der Waals surface area (Å²) in [5.41, 5.74) is 11.8. The molecule has 1 aliphatic rings. The van der Waals surface area contributed by atoms with Gasteiger partial charge in [0.25, 0.3) is 0 Å². The number of likely N-dealkylation sites (tertiary alicyclic amines) is 1. The summed E-state index contributed by atoms with van der Waals surface area (Å²) >= 11 is 0. The Morgan fingerprint density at radius 3 is 2.29 bits per heavy atom. The van der Waals surface area contributed by atoms with Crippen molar-refractivity contribution in [1.29, 1.82) is 0 Å². The zero-order valence-electron chi connectivity index (χ0n) is 14.0. The minimum absolute atomic E-state index is 0.106. The van der Waals surface area contributed by atoms with Gasteiger partial charge in [-0.3, -0.25) is 0 Å². The van der Waals surface area contributed by atoms with Gasteiger partial charge in [0.15, 0.2) is 0 Å². The summed E-state index contributed by atoms with van der Waals surface area (Å²) in [6.45, 7) is 12.5. The van der Waals surface area contributed by atoms with Gasteiger partial charge in [-0.25, -0.2) is 0 Å². The van der Waals surface area contributed by atoms with Crippen molar-refractivity contribution in [3.8, 4) is 0 Å². The molecule has 2 N–H and O–H groups in total. The summed E-state index contributed by atoms with van der Waals surface area (Å²) in [7, 11) is 0. The van der Waals surface area contributed by atoms with Gasteiger partial charge in [0, 0.05) is 32.3 Å². The minimum Gasteiger partial charge on any atom is -0.378 e. The number of nitrogens with two attached hydrogens (primary N) is 1. The monoisotopic (exact) mass is 290 g/mol. The highest BCUT2D eigenvalue weighted by molar-refractivity contribution is 5.39. The van der Waals surface area contributed by atoms with E-state index in [0.717, 1.165) is 39.1 Å². The highest BCUT2D eigenvalue weighted by atomic mass is 16.5. The average molecular weight is 290 g/mol. The van der Waals surface area contributed by atoms with E-state index in [1.54, 1.807) is 0 Å². The Labute approximate surface area is 129 Å². The fourth-order valence-corrected chi connectivity index (χ4v) is 3.64. The molecule has 0 saturated carbocycles. The van der Waals surface area contributed by atoms with Crippen molar-refractivity contribution >= 4 is 0 Å². The lowest BCUT2D eigenvalue weighted by Crippen LogP contribution is -2.41. The second-order valence-corrected chi connectivity index (χ2v) is 6.37. The number of benzene rings is 1. The van der Waals surface area contributed by atoms with Gasteiger partial charge in [-0.1, -0.05) is 17.7 Å². The zero-order valence-corrected chi connectivity index (χ0v) is 14.0. The molecule has 0 bridgehead atoms. The molecule has 2 rings (SSSR count). The van der Waals surface area contributed by atoms with Crippen LogP contribution in [0.5, 0.6) is 0 Å². The molecule has 118 valence electrons. The number of aryl methyl sites for hydroxylation is 3. The predicted molar refractivity (Wildman–Crippen MR) is 88.7 cm³/mol. The van der Waals surface area contributed by atoms with Crippen LogP contribution in [0.25, 0.3) is 0 Å². The summed E-state index contributed by atoms with van der Waals surface area (Å²) in [4.78, 5) is 2.49. The molecule has 1 fully saturated rings. The number of piperidine rings is 1. The van der Waals surface area contributed by atoms with E-state index in [1.807, 2.05) is 0 Å². The molecule has 0 aliphatic carbocycles. The summed E-state index contributed by atoms with van der Waals surface area (Å²) in [5.74, 6) is 0. The topological polar surface area (TPSA) is 38.5 Å². The first-order chi connectivity index (χ1) is 10.0. The molecular formula is C18H30N2O. The molecule has 3 heteroatoms. The van der Waals surface area contributed by atoms with Crippen molar-refractivity contribution in [2.24, 2.45) is 5.73 Å². The van der Waals surface area contributed by atoms with E-state index in [-0.39, 0.29) is 6.04 Å². The Morgan fingerprint density at radius 2 is 1.76 bits per heavy atom. The Bertz CT molecular complexity index is 441. The number of nitrogens with zero attached hydrogens (tertiary/aromatic N) is 1. The molecule has 1 unspecified atom stereocenters. The second kappa shape index (κ2) is 7.39. The molecule has 1 aliphatic heterocycles. The molecule has 1 saturated heterocycles. The van der Waals surface area contributed by atoms with Crippen LogP contribution in [0.3, 0.4) is 0 Å². The Morgan fingerprint density at radius 1 is 1.19 bits per heavy atom. The Kier molecular flexibility index (Phi) is 5.80. The summed E-state index contributed by atoms with van der Waals surface area (Å²) in [6.07, 6.45) is 2.71. The largest absolute Gasteiger partial charge is 0.378 e. The number of hydrogen-bond donors (Lipinski definition) is 1. The first-order valence-electron chi connectivity index (χ1n) is 8.18. The van der Waals surface area contributed by atoms with Crippen molar-refractivity contribution in [3.63, 3.8) is 0 Å². The van der Waals surface area contributed by atoms with Gasteiger partial charge in [0.05, 0.1) is 6.10 Å². The highest BCUT2D eigenvalue weighted by Gasteiger charge is 2.22. The minimum atomic E-state index is 0.106. The van der Waals surface area contributed by atoms with Gasteiger partial charge in [-0.15, -0.1) is 0 Å². The average Bonchev–Trinajstić information content (AvgIpc) is 2.40. The van der Waals surface area contributed by atoms with E-state index < -0.39 is 0 Å². The third-order valence-electron chi connectivity index (χ3n) is 4.50. The lowest BCUT2D eigenvalue weighted by Gasteiger charge is -2.34. The van der Waals surface area contributed by atoms with Gasteiger partial charge in [-0.05, 0) is 57.2 Å². The lowest BCUT2D eigenvalue weighted by atomic mass is 9.93. The van der Waals surface area contributed by atoms with Crippen molar-refractivity contribution in [2.45, 2.75) is 52.7 Å². The van der Waals surface area contributed by atoms with E-state index >= 15 is 0 Å². The smallest absolute Gasteiger partial charge is 0.0599 e. The van der Waals surface area contributed by atoms with Gasteiger partial charge < -0.3 is 15.4 Å². The number of rotatable bonds is 5. The van der Waals surface area contributed by atoms with Gasteiger partial charge in [0.2, 0.25) is 0 Å². The molecule has 3 nitrogen and oxygen atoms in total. The first kappa shape index (κ1) is 16.5. The van der Waals surface area contributed by atoms with Gasteiger partial charge >= 0.3 is 0 Å². The standard InChI is InChI=1S/C18H30N2O/c1-5-21-16-6-8-20(9-7-16)12-17(19)18-14(3)10-13(2)11-15(18)4/h10-11,16-17H,5-9,12,19H2,1-4H3. The van der Waals surface area contributed by atoms with Crippen LogP contribution in [-0.4, -0.2) is 37.2 Å². The van der Waals surface area contributed by atoms with E-state index in [9.17, 15) is 0 Å². The molecule has 0 radical (unpaired) electrons. The van der Waals surface area contributed by atoms with Crippen molar-refractivity contribution in [2.75, 3.05) is 26.2 Å². The summed E-state index contributed by atoms with van der Waals surface area (Å²) < 4.78 is 5.71. The Balaban J connectivity index is 1.95. The maximum absolute atomic E-state index is 6.50. The second-order valence-electron chi connectivity index (χ2n) is 6.37. The zero-order chi connectivity index (χ0) is 15.4. The molecule has 21 heavy (non-hydrogen) atoms. The fraction of sp³-hybridized carbons (Fsp3) is 0.667. The van der Waals surface area contributed by atoms with Crippen LogP contribution in [0.15, 0.2) is 12.1 Å². The van der Waals surface area contributed by atoms with Gasteiger partial charge in [0.1, 0.15) is 0 Å². The Hall–Kier alpha value is -0.900. The van der Waals surface area contributed by atoms with E-state index in [0.29, 0.717) is 6.10 Å². The molecule has 1 aromatic rings. The quantitative estimate of drug-likeness (QED) is 0.905. The van der Waals surface area contributed by atoms with Crippen LogP contribution in [0, 0.1) is 20.8 Å². The number of hydrogen-bond acceptors (Lipinski definition) is 3. The van der Waals surface area contributed by atoms with Crippen LogP contribution in [0.2, 0.25) is 0 Å². The molecule has 1 heterocycles. The highest BCUT2D eigenvalue weighted by Crippen LogP contribution is 2.24. The third-order valence-corrected chi connectivity index (χ3v) is 4.50. The molecule has 0 aromatic heterocycles. The molecule has 0 amide bonds.